The summed E-state index contributed by atoms with van der Waals surface area (Å²) in [7, 11) is 2.28. The summed E-state index contributed by atoms with van der Waals surface area (Å²) in [5, 5.41) is 10.3. The van der Waals surface area contributed by atoms with Crippen LogP contribution in [0.1, 0.15) is 46.0 Å². The van der Waals surface area contributed by atoms with Crippen molar-refractivity contribution in [1.82, 2.24) is 0 Å². The standard InChI is InChI=1S/C15H29O4P/c1-4-6-8-17-14-12(16)10-11(3)13(19-20)15(14)18-9-7-5-2/h12-16H,3-10,20H2,1-2H3/t12-,13-,14+,15+/m1/s1. The van der Waals surface area contributed by atoms with Gasteiger partial charge in [0.2, 0.25) is 0 Å². The van der Waals surface area contributed by atoms with Gasteiger partial charge in [0.05, 0.1) is 6.10 Å². The lowest BCUT2D eigenvalue weighted by Gasteiger charge is -2.41. The molecule has 1 N–H and O–H groups in total. The Bertz CT molecular complexity index is 285. The van der Waals surface area contributed by atoms with Gasteiger partial charge >= 0.3 is 0 Å². The molecule has 0 bridgehead atoms. The quantitative estimate of drug-likeness (QED) is 0.404. The van der Waals surface area contributed by atoms with Gasteiger partial charge in [-0.2, -0.15) is 0 Å². The fourth-order valence-electron chi connectivity index (χ4n) is 2.41. The van der Waals surface area contributed by atoms with E-state index in [1.54, 1.807) is 0 Å². The molecule has 0 aromatic rings. The Morgan fingerprint density at radius 1 is 1.15 bits per heavy atom. The molecule has 118 valence electrons. The molecule has 5 atom stereocenters. The lowest BCUT2D eigenvalue weighted by Crippen LogP contribution is -2.53. The van der Waals surface area contributed by atoms with Crippen LogP contribution in [-0.4, -0.2) is 42.7 Å². The number of rotatable bonds is 9. The van der Waals surface area contributed by atoms with Gasteiger partial charge in [-0.15, -0.1) is 0 Å². The zero-order valence-electron chi connectivity index (χ0n) is 12.7. The van der Waals surface area contributed by atoms with E-state index in [-0.39, 0.29) is 18.3 Å². The minimum atomic E-state index is -0.567. The smallest absolute Gasteiger partial charge is 0.116 e. The van der Waals surface area contributed by atoms with Crippen LogP contribution >= 0.6 is 9.47 Å². The van der Waals surface area contributed by atoms with Crippen molar-refractivity contribution in [3.05, 3.63) is 12.2 Å². The van der Waals surface area contributed by atoms with Crippen molar-refractivity contribution in [3.63, 3.8) is 0 Å². The highest BCUT2D eigenvalue weighted by Crippen LogP contribution is 2.31. The number of unbranched alkanes of at least 4 members (excludes halogenated alkanes) is 2. The summed E-state index contributed by atoms with van der Waals surface area (Å²) in [5.41, 5.74) is 0.865. The molecular weight excluding hydrogens is 275 g/mol. The Labute approximate surface area is 125 Å². The zero-order chi connectivity index (χ0) is 15.0. The number of hydrogen-bond acceptors (Lipinski definition) is 4. The number of ether oxygens (including phenoxy) is 2. The predicted molar refractivity (Wildman–Crippen MR) is 83.6 cm³/mol. The first kappa shape index (κ1) is 18.1. The molecule has 0 aliphatic heterocycles. The summed E-state index contributed by atoms with van der Waals surface area (Å²) in [6, 6.07) is 0. The van der Waals surface area contributed by atoms with Gasteiger partial charge in [-0.05, 0) is 24.8 Å². The topological polar surface area (TPSA) is 47.9 Å². The summed E-state index contributed by atoms with van der Waals surface area (Å²) >= 11 is 0. The molecule has 1 fully saturated rings. The maximum Gasteiger partial charge on any atom is 0.116 e. The monoisotopic (exact) mass is 304 g/mol. The molecule has 0 radical (unpaired) electrons. The average Bonchev–Trinajstić information content (AvgIpc) is 2.42. The molecule has 1 saturated carbocycles. The Hall–Kier alpha value is 0.0100. The third kappa shape index (κ3) is 5.09. The minimum Gasteiger partial charge on any atom is -0.390 e. The Balaban J connectivity index is 2.69. The largest absolute Gasteiger partial charge is 0.390 e. The Morgan fingerprint density at radius 2 is 1.70 bits per heavy atom. The highest BCUT2D eigenvalue weighted by molar-refractivity contribution is 7.09. The highest BCUT2D eigenvalue weighted by atomic mass is 31.0. The fraction of sp³-hybridized carbons (Fsp3) is 0.867. The van der Waals surface area contributed by atoms with Crippen LogP contribution in [0.4, 0.5) is 0 Å². The van der Waals surface area contributed by atoms with E-state index < -0.39 is 6.10 Å². The molecule has 1 rings (SSSR count). The van der Waals surface area contributed by atoms with Gasteiger partial charge in [0.1, 0.15) is 18.3 Å². The van der Waals surface area contributed by atoms with Gasteiger partial charge in [0.25, 0.3) is 0 Å². The van der Waals surface area contributed by atoms with Crippen LogP contribution in [0.3, 0.4) is 0 Å². The molecule has 4 nitrogen and oxygen atoms in total. The van der Waals surface area contributed by atoms with Crippen molar-refractivity contribution >= 4 is 9.47 Å². The second-order valence-corrected chi connectivity index (χ2v) is 5.64. The zero-order valence-corrected chi connectivity index (χ0v) is 13.9. The van der Waals surface area contributed by atoms with Crippen LogP contribution in [0, 0.1) is 0 Å². The van der Waals surface area contributed by atoms with Crippen molar-refractivity contribution in [2.75, 3.05) is 13.2 Å². The summed E-state index contributed by atoms with van der Waals surface area (Å²) < 4.78 is 17.2. The third-order valence-electron chi connectivity index (χ3n) is 3.64. The first-order chi connectivity index (χ1) is 9.65. The lowest BCUT2D eigenvalue weighted by atomic mass is 9.86. The van der Waals surface area contributed by atoms with Gasteiger partial charge in [0, 0.05) is 22.7 Å². The van der Waals surface area contributed by atoms with Crippen LogP contribution in [0.25, 0.3) is 0 Å². The van der Waals surface area contributed by atoms with E-state index in [9.17, 15) is 5.11 Å². The van der Waals surface area contributed by atoms with E-state index in [0.29, 0.717) is 19.6 Å². The molecule has 1 unspecified atom stereocenters. The van der Waals surface area contributed by atoms with E-state index in [0.717, 1.165) is 31.3 Å². The lowest BCUT2D eigenvalue weighted by molar-refractivity contribution is -0.158. The van der Waals surface area contributed by atoms with Crippen LogP contribution in [-0.2, 0) is 14.0 Å². The van der Waals surface area contributed by atoms with Crippen molar-refractivity contribution in [3.8, 4) is 0 Å². The fourth-order valence-corrected chi connectivity index (χ4v) is 2.76. The van der Waals surface area contributed by atoms with Crippen LogP contribution in [0.5, 0.6) is 0 Å². The molecule has 0 heterocycles. The van der Waals surface area contributed by atoms with Crippen molar-refractivity contribution in [2.24, 2.45) is 0 Å². The maximum atomic E-state index is 10.3. The average molecular weight is 304 g/mol. The molecule has 5 heteroatoms. The van der Waals surface area contributed by atoms with Gasteiger partial charge in [-0.1, -0.05) is 33.3 Å². The molecule has 1 aliphatic carbocycles. The first-order valence-corrected chi connectivity index (χ1v) is 8.07. The van der Waals surface area contributed by atoms with Gasteiger partial charge in [0.15, 0.2) is 0 Å². The second-order valence-electron chi connectivity index (χ2n) is 5.36. The molecule has 20 heavy (non-hydrogen) atoms. The second kappa shape index (κ2) is 9.86. The molecule has 0 spiro atoms. The summed E-state index contributed by atoms with van der Waals surface area (Å²) in [6.07, 6.45) is 3.20. The van der Waals surface area contributed by atoms with E-state index in [2.05, 4.69) is 29.9 Å². The molecule has 0 saturated heterocycles. The summed E-state index contributed by atoms with van der Waals surface area (Å²) in [5.74, 6) is 0. The normalized spacial score (nSPS) is 30.7. The van der Waals surface area contributed by atoms with E-state index in [4.69, 9.17) is 14.0 Å². The third-order valence-corrected chi connectivity index (χ3v) is 3.93. The number of hydrogen-bond donors (Lipinski definition) is 1. The SMILES string of the molecule is C=C1C[C@@H](O)[C@H](OCCCC)[C@@H](OCCCC)[C@@H]1OP. The van der Waals surface area contributed by atoms with Gasteiger partial charge < -0.3 is 19.1 Å². The Morgan fingerprint density at radius 3 is 2.20 bits per heavy atom. The van der Waals surface area contributed by atoms with Crippen molar-refractivity contribution < 1.29 is 19.1 Å². The highest BCUT2D eigenvalue weighted by Gasteiger charge is 2.42. The van der Waals surface area contributed by atoms with Crippen LogP contribution in [0.2, 0.25) is 0 Å². The van der Waals surface area contributed by atoms with E-state index in [1.165, 1.54) is 0 Å². The number of aliphatic hydroxyl groups excluding tert-OH is 1. The van der Waals surface area contributed by atoms with E-state index >= 15 is 0 Å². The Kier molecular flexibility index (Phi) is 8.90. The maximum absolute atomic E-state index is 10.3. The van der Waals surface area contributed by atoms with Gasteiger partial charge in [-0.25, -0.2) is 0 Å². The minimum absolute atomic E-state index is 0.230. The van der Waals surface area contributed by atoms with Gasteiger partial charge in [-0.3, -0.25) is 0 Å². The predicted octanol–water partition coefficient (Wildman–Crippen LogP) is 2.85. The van der Waals surface area contributed by atoms with E-state index in [1.807, 2.05) is 0 Å². The molecule has 0 amide bonds. The summed E-state index contributed by atoms with van der Waals surface area (Å²) in [6.45, 7) is 9.52. The summed E-state index contributed by atoms with van der Waals surface area (Å²) in [4.78, 5) is 0. The molecular formula is C15H29O4P. The molecule has 0 aromatic heterocycles. The molecule has 1 aliphatic rings. The molecule has 0 aromatic carbocycles. The first-order valence-electron chi connectivity index (χ1n) is 7.60. The van der Waals surface area contributed by atoms with Crippen LogP contribution < -0.4 is 0 Å². The van der Waals surface area contributed by atoms with Crippen molar-refractivity contribution in [1.29, 1.82) is 0 Å². The van der Waals surface area contributed by atoms with Crippen molar-refractivity contribution in [2.45, 2.75) is 70.4 Å². The number of aliphatic hydroxyl groups is 1. The van der Waals surface area contributed by atoms with Crippen LogP contribution in [0.15, 0.2) is 12.2 Å².